The van der Waals surface area contributed by atoms with E-state index in [1.165, 1.54) is 5.69 Å². The second-order valence-corrected chi connectivity index (χ2v) is 8.58. The predicted octanol–water partition coefficient (Wildman–Crippen LogP) is 6.31. The van der Waals surface area contributed by atoms with Crippen LogP contribution in [0.4, 0.5) is 17.1 Å². The Morgan fingerprint density at radius 1 is 1.00 bits per heavy atom. The Hall–Kier alpha value is -3.96. The van der Waals surface area contributed by atoms with E-state index in [0.717, 1.165) is 22.5 Å². The Morgan fingerprint density at radius 2 is 1.56 bits per heavy atom. The fourth-order valence-electron chi connectivity index (χ4n) is 3.58. The number of ether oxygens (including phenoxy) is 1. The Labute approximate surface area is 191 Å². The van der Waals surface area contributed by atoms with Gasteiger partial charge in [0.15, 0.2) is 0 Å². The number of benzene rings is 2. The topological polar surface area (TPSA) is 43.9 Å². The summed E-state index contributed by atoms with van der Waals surface area (Å²) in [6.07, 6.45) is 6.19. The van der Waals surface area contributed by atoms with Crippen molar-refractivity contribution in [3.8, 4) is 6.07 Å². The Morgan fingerprint density at radius 3 is 2.09 bits per heavy atom. The second kappa shape index (κ2) is 9.45. The van der Waals surface area contributed by atoms with Gasteiger partial charge in [-0.2, -0.15) is 0 Å². The van der Waals surface area contributed by atoms with Gasteiger partial charge in [0.2, 0.25) is 0 Å². The van der Waals surface area contributed by atoms with Crippen LogP contribution in [0.5, 0.6) is 0 Å². The highest BCUT2D eigenvalue weighted by Gasteiger charge is 2.27. The molecular formula is C27H28N4O. The van der Waals surface area contributed by atoms with Crippen molar-refractivity contribution in [2.75, 3.05) is 30.9 Å². The van der Waals surface area contributed by atoms with E-state index in [9.17, 15) is 5.26 Å². The minimum Gasteiger partial charge on any atom is -0.488 e. The minimum atomic E-state index is -0.467. The maximum absolute atomic E-state index is 9.22. The van der Waals surface area contributed by atoms with Crippen LogP contribution < -0.4 is 9.80 Å². The average molecular weight is 425 g/mol. The van der Waals surface area contributed by atoms with E-state index in [-0.39, 0.29) is 5.70 Å². The summed E-state index contributed by atoms with van der Waals surface area (Å²) in [7, 11) is 6.12. The SMILES string of the molecule is [C-]#[N+]C(C#N)=C1C=C(C=Cc2ccc(N(C)c3ccc(N(C)C)cc3)cc2)OC(C)(C)C1. The quantitative estimate of drug-likeness (QED) is 0.416. The van der Waals surface area contributed by atoms with Gasteiger partial charge >= 0.3 is 0 Å². The maximum Gasteiger partial charge on any atom is 0.265 e. The summed E-state index contributed by atoms with van der Waals surface area (Å²) >= 11 is 0. The zero-order valence-electron chi connectivity index (χ0n) is 19.3. The fraction of sp³-hybridized carbons (Fsp3) is 0.259. The van der Waals surface area contributed by atoms with Crippen LogP contribution >= 0.6 is 0 Å². The third kappa shape index (κ3) is 5.39. The number of allylic oxidation sites excluding steroid dienone is 3. The molecule has 0 radical (unpaired) electrons. The third-order valence-corrected chi connectivity index (χ3v) is 5.32. The van der Waals surface area contributed by atoms with Gasteiger partial charge in [0.05, 0.1) is 12.6 Å². The molecule has 0 spiro atoms. The summed E-state index contributed by atoms with van der Waals surface area (Å²) in [4.78, 5) is 7.58. The van der Waals surface area contributed by atoms with Crippen molar-refractivity contribution in [2.24, 2.45) is 0 Å². The van der Waals surface area contributed by atoms with E-state index in [0.29, 0.717) is 12.2 Å². The van der Waals surface area contributed by atoms with Crippen molar-refractivity contribution >= 4 is 23.1 Å². The van der Waals surface area contributed by atoms with E-state index in [1.807, 2.05) is 46.2 Å². The molecule has 5 heteroatoms. The third-order valence-electron chi connectivity index (χ3n) is 5.32. The highest BCUT2D eigenvalue weighted by Crippen LogP contribution is 2.33. The van der Waals surface area contributed by atoms with E-state index in [4.69, 9.17) is 11.3 Å². The van der Waals surface area contributed by atoms with E-state index in [2.05, 4.69) is 70.2 Å². The van der Waals surface area contributed by atoms with Crippen molar-refractivity contribution in [3.63, 3.8) is 0 Å². The molecule has 0 N–H and O–H groups in total. The molecule has 0 amide bonds. The van der Waals surface area contributed by atoms with Crippen LogP contribution in [-0.2, 0) is 4.74 Å². The van der Waals surface area contributed by atoms with Gasteiger partial charge in [-0.15, -0.1) is 0 Å². The van der Waals surface area contributed by atoms with Gasteiger partial charge in [0.1, 0.15) is 11.4 Å². The first kappa shape index (κ1) is 22.7. The summed E-state index contributed by atoms with van der Waals surface area (Å²) in [6.45, 7) is 11.1. The Kier molecular flexibility index (Phi) is 6.71. The second-order valence-electron chi connectivity index (χ2n) is 8.58. The lowest BCUT2D eigenvalue weighted by atomic mass is 9.93. The number of nitrogens with zero attached hydrogens (tertiary/aromatic N) is 4. The molecule has 1 heterocycles. The molecule has 5 nitrogen and oxygen atoms in total. The molecule has 162 valence electrons. The number of hydrogen-bond donors (Lipinski definition) is 0. The van der Waals surface area contributed by atoms with Crippen LogP contribution in [0.25, 0.3) is 10.9 Å². The lowest BCUT2D eigenvalue weighted by molar-refractivity contribution is 0.0356. The molecular weight excluding hydrogens is 396 g/mol. The van der Waals surface area contributed by atoms with Crippen LogP contribution in [0.2, 0.25) is 0 Å². The van der Waals surface area contributed by atoms with Crippen molar-refractivity contribution in [2.45, 2.75) is 25.9 Å². The van der Waals surface area contributed by atoms with Crippen molar-refractivity contribution in [3.05, 3.63) is 94.7 Å². The molecule has 0 bridgehead atoms. The molecule has 0 aromatic heterocycles. The molecule has 1 aliphatic heterocycles. The molecule has 2 aromatic rings. The standard InChI is InChI=1S/C27H28N4O/c1-27(2)18-21(26(19-28)29-3)17-25(32-27)16-9-20-7-10-23(11-8-20)31(6)24-14-12-22(13-15-24)30(4)5/h7-17H,18H2,1-2,4-6H3. The van der Waals surface area contributed by atoms with E-state index >= 15 is 0 Å². The molecule has 0 fully saturated rings. The summed E-state index contributed by atoms with van der Waals surface area (Å²) in [5, 5.41) is 9.22. The van der Waals surface area contributed by atoms with Gasteiger partial charge in [-0.3, -0.25) is 0 Å². The van der Waals surface area contributed by atoms with Crippen molar-refractivity contribution < 1.29 is 4.74 Å². The minimum absolute atomic E-state index is 0.123. The normalized spacial score (nSPS) is 16.4. The molecule has 0 unspecified atom stereocenters. The van der Waals surface area contributed by atoms with Crippen LogP contribution in [0.15, 0.2) is 77.7 Å². The first-order valence-electron chi connectivity index (χ1n) is 10.4. The zero-order valence-corrected chi connectivity index (χ0v) is 19.3. The Balaban J connectivity index is 1.77. The van der Waals surface area contributed by atoms with Crippen LogP contribution in [0.1, 0.15) is 25.8 Å². The van der Waals surface area contributed by atoms with E-state index < -0.39 is 5.60 Å². The highest BCUT2D eigenvalue weighted by molar-refractivity contribution is 5.67. The fourth-order valence-corrected chi connectivity index (χ4v) is 3.58. The molecule has 2 aromatic carbocycles. The lowest BCUT2D eigenvalue weighted by Gasteiger charge is -2.32. The number of anilines is 3. The number of hydrogen-bond acceptors (Lipinski definition) is 4. The predicted molar refractivity (Wildman–Crippen MR) is 131 cm³/mol. The Bertz CT molecular complexity index is 1120. The van der Waals surface area contributed by atoms with Crippen molar-refractivity contribution in [1.29, 1.82) is 5.26 Å². The first-order valence-corrected chi connectivity index (χ1v) is 10.4. The summed E-state index contributed by atoms with van der Waals surface area (Å²) in [5.41, 5.74) is 4.79. The molecule has 0 saturated heterocycles. The zero-order chi connectivity index (χ0) is 23.3. The van der Waals surface area contributed by atoms with Gasteiger partial charge < -0.3 is 14.5 Å². The van der Waals surface area contributed by atoms with Crippen molar-refractivity contribution in [1.82, 2.24) is 0 Å². The highest BCUT2D eigenvalue weighted by atomic mass is 16.5. The first-order chi connectivity index (χ1) is 15.2. The number of nitriles is 1. The summed E-state index contributed by atoms with van der Waals surface area (Å²) < 4.78 is 6.03. The smallest absolute Gasteiger partial charge is 0.265 e. The largest absolute Gasteiger partial charge is 0.488 e. The molecule has 0 saturated carbocycles. The van der Waals surface area contributed by atoms with Gasteiger partial charge in [0, 0.05) is 44.6 Å². The monoisotopic (exact) mass is 424 g/mol. The van der Waals surface area contributed by atoms with Gasteiger partial charge in [-0.05, 0) is 73.5 Å². The van der Waals surface area contributed by atoms with Crippen LogP contribution in [0, 0.1) is 17.9 Å². The van der Waals surface area contributed by atoms with E-state index in [1.54, 1.807) is 6.08 Å². The molecule has 0 aliphatic carbocycles. The average Bonchev–Trinajstić information content (AvgIpc) is 2.77. The van der Waals surface area contributed by atoms with Gasteiger partial charge in [0.25, 0.3) is 5.70 Å². The molecule has 1 aliphatic rings. The number of rotatable bonds is 5. The van der Waals surface area contributed by atoms with Crippen LogP contribution in [-0.4, -0.2) is 26.7 Å². The van der Waals surface area contributed by atoms with Gasteiger partial charge in [-0.25, -0.2) is 10.1 Å². The molecule has 0 atom stereocenters. The maximum atomic E-state index is 9.22. The van der Waals surface area contributed by atoms with Crippen LogP contribution in [0.3, 0.4) is 0 Å². The van der Waals surface area contributed by atoms with Gasteiger partial charge in [-0.1, -0.05) is 18.2 Å². The molecule has 32 heavy (non-hydrogen) atoms. The summed E-state index contributed by atoms with van der Waals surface area (Å²) in [6, 6.07) is 18.7. The molecule has 3 rings (SSSR count). The lowest BCUT2D eigenvalue weighted by Crippen LogP contribution is -2.27. The summed E-state index contributed by atoms with van der Waals surface area (Å²) in [5.74, 6) is 0.648.